The molecular weight excluding hydrogens is 288 g/mol. The fourth-order valence-corrected chi connectivity index (χ4v) is 1.97. The van der Waals surface area contributed by atoms with E-state index in [-0.39, 0.29) is 11.3 Å². The van der Waals surface area contributed by atoms with Crippen LogP contribution in [0.5, 0.6) is 0 Å². The Morgan fingerprint density at radius 1 is 1.45 bits per heavy atom. The van der Waals surface area contributed by atoms with Gasteiger partial charge in [0, 0.05) is 13.7 Å². The highest BCUT2D eigenvalue weighted by Crippen LogP contribution is 2.24. The first-order valence-electron chi connectivity index (χ1n) is 6.49. The highest BCUT2D eigenvalue weighted by atomic mass is 16.5. The highest BCUT2D eigenvalue weighted by molar-refractivity contribution is 6.45. The van der Waals surface area contributed by atoms with Crippen LogP contribution in [0.3, 0.4) is 0 Å². The zero-order valence-electron chi connectivity index (χ0n) is 12.1. The third-order valence-corrected chi connectivity index (χ3v) is 3.07. The van der Waals surface area contributed by atoms with E-state index in [9.17, 15) is 9.59 Å². The number of carboxylic acid groups (broad SMARTS) is 1. The van der Waals surface area contributed by atoms with Gasteiger partial charge >= 0.3 is 5.97 Å². The summed E-state index contributed by atoms with van der Waals surface area (Å²) >= 11 is 0. The molecule has 0 saturated carbocycles. The molecule has 0 bridgehead atoms. The van der Waals surface area contributed by atoms with Crippen LogP contribution < -0.4 is 5.01 Å². The number of hydrogen-bond acceptors (Lipinski definition) is 6. The summed E-state index contributed by atoms with van der Waals surface area (Å²) in [5.74, 6) is -1.57. The van der Waals surface area contributed by atoms with E-state index in [1.54, 1.807) is 13.0 Å². The van der Waals surface area contributed by atoms with Crippen molar-refractivity contribution in [1.82, 2.24) is 4.90 Å². The highest BCUT2D eigenvalue weighted by Gasteiger charge is 2.35. The van der Waals surface area contributed by atoms with Crippen LogP contribution in [0.2, 0.25) is 0 Å². The van der Waals surface area contributed by atoms with E-state index in [1.165, 1.54) is 41.2 Å². The maximum atomic E-state index is 12.0. The Kier molecular flexibility index (Phi) is 4.39. The van der Waals surface area contributed by atoms with Gasteiger partial charge in [0.25, 0.3) is 5.91 Å². The predicted octanol–water partition coefficient (Wildman–Crippen LogP) is 0.863. The third kappa shape index (κ3) is 2.75. The molecule has 1 unspecified atom stereocenters. The number of nitriles is 1. The maximum absolute atomic E-state index is 12.0. The zero-order chi connectivity index (χ0) is 16.3. The summed E-state index contributed by atoms with van der Waals surface area (Å²) in [6, 6.07) is 7.65. The number of amides is 1. The lowest BCUT2D eigenvalue weighted by Crippen LogP contribution is -2.55. The Morgan fingerprint density at radius 3 is 2.59 bits per heavy atom. The van der Waals surface area contributed by atoms with Crippen LogP contribution in [0.1, 0.15) is 17.3 Å². The molecule has 0 fully saturated rings. The van der Waals surface area contributed by atoms with Crippen LogP contribution in [0.25, 0.3) is 0 Å². The van der Waals surface area contributed by atoms with E-state index in [1.807, 2.05) is 0 Å². The summed E-state index contributed by atoms with van der Waals surface area (Å²) < 4.78 is 5.50. The number of carbonyl (C=O) groups excluding carboxylic acids is 1. The lowest BCUT2D eigenvalue weighted by Gasteiger charge is -2.38. The first-order valence-corrected chi connectivity index (χ1v) is 6.49. The lowest BCUT2D eigenvalue weighted by atomic mass is 10.2. The van der Waals surface area contributed by atoms with Crippen molar-refractivity contribution in [3.8, 4) is 6.07 Å². The van der Waals surface area contributed by atoms with Gasteiger partial charge in [-0.25, -0.2) is 9.80 Å². The molecule has 0 radical (unpaired) electrons. The molecule has 0 aliphatic carbocycles. The Morgan fingerprint density at radius 2 is 2.09 bits per heavy atom. The predicted molar refractivity (Wildman–Crippen MR) is 77.1 cm³/mol. The number of carbonyl (C=O) groups is 2. The van der Waals surface area contributed by atoms with Gasteiger partial charge in [0.05, 0.1) is 11.3 Å². The van der Waals surface area contributed by atoms with Gasteiger partial charge in [-0.2, -0.15) is 10.4 Å². The second kappa shape index (κ2) is 6.24. The number of rotatable bonds is 4. The zero-order valence-corrected chi connectivity index (χ0v) is 12.1. The van der Waals surface area contributed by atoms with Crippen molar-refractivity contribution < 1.29 is 19.4 Å². The number of nitrogens with zero attached hydrogens (tertiary/aromatic N) is 4. The average Bonchev–Trinajstić information content (AvgIpc) is 2.52. The van der Waals surface area contributed by atoms with Gasteiger partial charge in [0.15, 0.2) is 0 Å². The summed E-state index contributed by atoms with van der Waals surface area (Å²) in [7, 11) is 1.51. The third-order valence-electron chi connectivity index (χ3n) is 3.07. The minimum atomic E-state index is -1.04. The fraction of sp³-hybridized carbons (Fsp3) is 0.286. The van der Waals surface area contributed by atoms with Gasteiger partial charge < -0.3 is 9.84 Å². The molecule has 8 nitrogen and oxygen atoms in total. The summed E-state index contributed by atoms with van der Waals surface area (Å²) in [5.41, 5.74) is 0.374. The smallest absolute Gasteiger partial charge is 0.335 e. The van der Waals surface area contributed by atoms with Crippen molar-refractivity contribution in [2.75, 3.05) is 18.7 Å². The number of aromatic carboxylic acids is 1. The molecule has 1 aromatic carbocycles. The van der Waals surface area contributed by atoms with Gasteiger partial charge in [-0.3, -0.25) is 9.69 Å². The summed E-state index contributed by atoms with van der Waals surface area (Å²) in [6.45, 7) is 2.11. The van der Waals surface area contributed by atoms with Gasteiger partial charge in [-0.15, -0.1) is 0 Å². The van der Waals surface area contributed by atoms with Crippen LogP contribution in [-0.2, 0) is 9.53 Å². The molecule has 1 atom stereocenters. The normalized spacial score (nSPS) is 18.0. The number of hydrazone groups is 1. The van der Waals surface area contributed by atoms with Crippen LogP contribution in [-0.4, -0.2) is 47.6 Å². The average molecular weight is 302 g/mol. The van der Waals surface area contributed by atoms with Crippen LogP contribution >= 0.6 is 0 Å². The number of hydrogen-bond donors (Lipinski definition) is 1. The molecule has 1 N–H and O–H groups in total. The molecule has 1 aliphatic rings. The van der Waals surface area contributed by atoms with Crippen molar-refractivity contribution in [2.24, 2.45) is 5.10 Å². The van der Waals surface area contributed by atoms with Crippen LogP contribution in [0, 0.1) is 11.3 Å². The summed E-state index contributed by atoms with van der Waals surface area (Å²) in [5, 5.41) is 23.3. The topological polar surface area (TPSA) is 106 Å². The summed E-state index contributed by atoms with van der Waals surface area (Å²) in [6.07, 6.45) is -0.801. The Balaban J connectivity index is 2.44. The van der Waals surface area contributed by atoms with Crippen molar-refractivity contribution in [3.63, 3.8) is 0 Å². The van der Waals surface area contributed by atoms with E-state index >= 15 is 0 Å². The molecule has 8 heteroatoms. The maximum Gasteiger partial charge on any atom is 0.335 e. The van der Waals surface area contributed by atoms with Crippen molar-refractivity contribution >= 4 is 23.3 Å². The molecule has 22 heavy (non-hydrogen) atoms. The quantitative estimate of drug-likeness (QED) is 0.884. The van der Waals surface area contributed by atoms with Gasteiger partial charge in [0.1, 0.15) is 6.07 Å². The first-order chi connectivity index (χ1) is 10.5. The molecule has 0 spiro atoms. The fourth-order valence-electron chi connectivity index (χ4n) is 1.97. The lowest BCUT2D eigenvalue weighted by molar-refractivity contribution is -0.137. The van der Waals surface area contributed by atoms with Crippen LogP contribution in [0.4, 0.5) is 5.69 Å². The number of ether oxygens (including phenoxy) is 1. The number of benzene rings is 1. The molecule has 0 aromatic heterocycles. The Hall–Kier alpha value is -2.92. The minimum absolute atomic E-state index is 0.127. The van der Waals surface area contributed by atoms with Gasteiger partial charge in [-0.05, 0) is 31.2 Å². The largest absolute Gasteiger partial charge is 0.478 e. The van der Waals surface area contributed by atoms with E-state index in [0.717, 1.165) is 0 Å². The van der Waals surface area contributed by atoms with Crippen molar-refractivity contribution in [1.29, 1.82) is 5.26 Å². The molecule has 1 amide bonds. The van der Waals surface area contributed by atoms with Crippen molar-refractivity contribution in [3.05, 3.63) is 29.8 Å². The molecular formula is C14H14N4O4. The number of carboxylic acids is 1. The number of anilines is 1. The Bertz CT molecular complexity index is 662. The molecule has 1 aliphatic heterocycles. The van der Waals surface area contributed by atoms with Gasteiger partial charge in [-0.1, -0.05) is 0 Å². The molecule has 2 rings (SSSR count). The van der Waals surface area contributed by atoms with E-state index in [4.69, 9.17) is 15.1 Å². The minimum Gasteiger partial charge on any atom is -0.478 e. The van der Waals surface area contributed by atoms with Gasteiger partial charge in [0.2, 0.25) is 12.1 Å². The molecule has 1 heterocycles. The summed E-state index contributed by atoms with van der Waals surface area (Å²) in [4.78, 5) is 24.1. The molecule has 0 saturated heterocycles. The molecule has 1 aromatic rings. The van der Waals surface area contributed by atoms with Crippen LogP contribution in [0.15, 0.2) is 29.4 Å². The SMILES string of the molecule is CCOC1N(C)C(=O)C(C#N)=NN1c1ccc(C(=O)O)cc1. The van der Waals surface area contributed by atoms with Crippen molar-refractivity contribution in [2.45, 2.75) is 13.3 Å². The monoisotopic (exact) mass is 302 g/mol. The van der Waals surface area contributed by atoms with E-state index in [2.05, 4.69) is 5.10 Å². The van der Waals surface area contributed by atoms with E-state index < -0.39 is 18.2 Å². The second-order valence-corrected chi connectivity index (χ2v) is 4.45. The molecule has 114 valence electrons. The second-order valence-electron chi connectivity index (χ2n) is 4.45. The van der Waals surface area contributed by atoms with E-state index in [0.29, 0.717) is 12.3 Å². The Labute approximate surface area is 126 Å². The standard InChI is InChI=1S/C14H14N4O4/c1-3-22-14-17(2)12(19)11(8-15)16-18(14)10-6-4-9(5-7-10)13(20)21/h4-7,14H,3H2,1-2H3,(H,20,21). The first kappa shape index (κ1) is 15.5.